The first-order valence-electron chi connectivity index (χ1n) is 7.62. The second kappa shape index (κ2) is 7.67. The molecule has 0 fully saturated rings. The van der Waals surface area contributed by atoms with Crippen molar-refractivity contribution < 1.29 is 9.59 Å². The van der Waals surface area contributed by atoms with Crippen molar-refractivity contribution in [2.75, 3.05) is 5.32 Å². The van der Waals surface area contributed by atoms with Crippen LogP contribution < -0.4 is 10.6 Å². The fourth-order valence-corrected chi connectivity index (χ4v) is 3.04. The van der Waals surface area contributed by atoms with Crippen molar-refractivity contribution in [3.8, 4) is 0 Å². The Bertz CT molecular complexity index is 893. The maximum atomic E-state index is 12.4. The summed E-state index contributed by atoms with van der Waals surface area (Å²) in [5.74, 6) is -0.634. The van der Waals surface area contributed by atoms with Gasteiger partial charge in [0.1, 0.15) is 10.6 Å². The Morgan fingerprint density at radius 3 is 2.80 bits per heavy atom. The van der Waals surface area contributed by atoms with E-state index in [2.05, 4.69) is 20.6 Å². The van der Waals surface area contributed by atoms with E-state index >= 15 is 0 Å². The first-order chi connectivity index (χ1) is 12.1. The number of rotatable bonds is 5. The second-order valence-electron chi connectivity index (χ2n) is 5.38. The molecule has 0 aliphatic rings. The molecule has 0 spiro atoms. The zero-order chi connectivity index (χ0) is 17.6. The molecule has 0 unspecified atom stereocenters. The van der Waals surface area contributed by atoms with Crippen LogP contribution >= 0.6 is 11.3 Å². The van der Waals surface area contributed by atoms with Gasteiger partial charge in [-0.15, -0.1) is 11.3 Å². The average Bonchev–Trinajstić information content (AvgIpc) is 3.08. The zero-order valence-corrected chi connectivity index (χ0v) is 14.3. The average molecular weight is 352 g/mol. The van der Waals surface area contributed by atoms with Gasteiger partial charge in [-0.2, -0.15) is 0 Å². The van der Waals surface area contributed by atoms with Gasteiger partial charge < -0.3 is 10.6 Å². The van der Waals surface area contributed by atoms with Crippen LogP contribution in [-0.2, 0) is 6.54 Å². The summed E-state index contributed by atoms with van der Waals surface area (Å²) in [7, 11) is 0. The number of thiophene rings is 1. The molecule has 2 N–H and O–H groups in total. The van der Waals surface area contributed by atoms with Crippen molar-refractivity contribution in [3.63, 3.8) is 0 Å². The van der Waals surface area contributed by atoms with E-state index in [9.17, 15) is 9.59 Å². The summed E-state index contributed by atoms with van der Waals surface area (Å²) >= 11 is 1.27. The quantitative estimate of drug-likeness (QED) is 0.739. The van der Waals surface area contributed by atoms with Crippen LogP contribution in [0.15, 0.2) is 54.3 Å². The lowest BCUT2D eigenvalue weighted by Gasteiger charge is -2.08. The summed E-state index contributed by atoms with van der Waals surface area (Å²) in [4.78, 5) is 32.8. The van der Waals surface area contributed by atoms with Crippen molar-refractivity contribution in [2.24, 2.45) is 0 Å². The van der Waals surface area contributed by atoms with E-state index in [0.29, 0.717) is 17.1 Å². The highest BCUT2D eigenvalue weighted by Gasteiger charge is 2.16. The molecule has 0 aliphatic heterocycles. The number of anilines is 1. The van der Waals surface area contributed by atoms with Crippen LogP contribution in [0.2, 0.25) is 0 Å². The molecule has 2 aromatic heterocycles. The Morgan fingerprint density at radius 1 is 1.16 bits per heavy atom. The van der Waals surface area contributed by atoms with Gasteiger partial charge in [0.2, 0.25) is 0 Å². The predicted octanol–water partition coefficient (Wildman–Crippen LogP) is 3.03. The molecule has 6 nitrogen and oxygen atoms in total. The molecule has 0 atom stereocenters. The van der Waals surface area contributed by atoms with E-state index in [1.807, 2.05) is 31.2 Å². The number of hydrogen-bond donors (Lipinski definition) is 2. The van der Waals surface area contributed by atoms with Gasteiger partial charge in [0.15, 0.2) is 0 Å². The number of aryl methyl sites for hydroxylation is 1. The molecule has 0 aliphatic carbocycles. The summed E-state index contributed by atoms with van der Waals surface area (Å²) in [6.45, 7) is 2.43. The molecular weight excluding hydrogens is 336 g/mol. The van der Waals surface area contributed by atoms with Gasteiger partial charge in [0, 0.05) is 18.9 Å². The fraction of sp³-hybridized carbons (Fsp3) is 0.111. The molecule has 1 aromatic carbocycles. The normalized spacial score (nSPS) is 10.3. The van der Waals surface area contributed by atoms with Crippen LogP contribution in [0.1, 0.15) is 31.3 Å². The lowest BCUT2D eigenvalue weighted by Crippen LogP contribution is -2.23. The predicted molar refractivity (Wildman–Crippen MR) is 96.7 cm³/mol. The van der Waals surface area contributed by atoms with E-state index in [-0.39, 0.29) is 11.6 Å². The van der Waals surface area contributed by atoms with Crippen molar-refractivity contribution in [2.45, 2.75) is 13.5 Å². The SMILES string of the molecule is Cc1cccc(CNC(=O)c2sccc2NC(=O)c2cnccn2)c1. The van der Waals surface area contributed by atoms with Crippen LogP contribution in [0.3, 0.4) is 0 Å². The van der Waals surface area contributed by atoms with E-state index in [4.69, 9.17) is 0 Å². The number of benzene rings is 1. The smallest absolute Gasteiger partial charge is 0.275 e. The van der Waals surface area contributed by atoms with Gasteiger partial charge in [-0.1, -0.05) is 29.8 Å². The minimum Gasteiger partial charge on any atom is -0.347 e. The number of aromatic nitrogens is 2. The maximum absolute atomic E-state index is 12.4. The van der Waals surface area contributed by atoms with Gasteiger partial charge in [-0.25, -0.2) is 4.98 Å². The van der Waals surface area contributed by atoms with Crippen molar-refractivity contribution >= 4 is 28.8 Å². The lowest BCUT2D eigenvalue weighted by molar-refractivity contribution is 0.0955. The number of nitrogens with zero attached hydrogens (tertiary/aromatic N) is 2. The van der Waals surface area contributed by atoms with Gasteiger partial charge in [0.25, 0.3) is 11.8 Å². The molecule has 2 heterocycles. The molecular formula is C18H16N4O2S. The molecule has 2 amide bonds. The topological polar surface area (TPSA) is 84.0 Å². The third-order valence-corrected chi connectivity index (χ3v) is 4.36. The van der Waals surface area contributed by atoms with Gasteiger partial charge in [0.05, 0.1) is 11.9 Å². The van der Waals surface area contributed by atoms with Crippen LogP contribution in [-0.4, -0.2) is 21.8 Å². The van der Waals surface area contributed by atoms with Crippen molar-refractivity contribution in [1.82, 2.24) is 15.3 Å². The third-order valence-electron chi connectivity index (χ3n) is 3.45. The molecule has 25 heavy (non-hydrogen) atoms. The van der Waals surface area contributed by atoms with E-state index in [1.54, 1.807) is 11.4 Å². The van der Waals surface area contributed by atoms with E-state index < -0.39 is 5.91 Å². The number of nitrogens with one attached hydrogen (secondary N) is 2. The Hall–Kier alpha value is -3.06. The summed E-state index contributed by atoms with van der Waals surface area (Å²) < 4.78 is 0. The monoisotopic (exact) mass is 352 g/mol. The molecule has 7 heteroatoms. The Morgan fingerprint density at radius 2 is 2.04 bits per heavy atom. The first-order valence-corrected chi connectivity index (χ1v) is 8.50. The first kappa shape index (κ1) is 16.8. The highest BCUT2D eigenvalue weighted by molar-refractivity contribution is 7.12. The van der Waals surface area contributed by atoms with Crippen molar-refractivity contribution in [3.05, 3.63) is 76.0 Å². The molecule has 0 saturated heterocycles. The largest absolute Gasteiger partial charge is 0.347 e. The molecule has 126 valence electrons. The van der Waals surface area contributed by atoms with Crippen molar-refractivity contribution in [1.29, 1.82) is 0 Å². The number of hydrogen-bond acceptors (Lipinski definition) is 5. The van der Waals surface area contributed by atoms with Crippen LogP contribution in [0.25, 0.3) is 0 Å². The fourth-order valence-electron chi connectivity index (χ4n) is 2.27. The number of carbonyl (C=O) groups excluding carboxylic acids is 2. The highest BCUT2D eigenvalue weighted by atomic mass is 32.1. The third kappa shape index (κ3) is 4.27. The van der Waals surface area contributed by atoms with Gasteiger partial charge in [-0.05, 0) is 23.9 Å². The molecule has 0 saturated carbocycles. The molecule has 0 radical (unpaired) electrons. The summed E-state index contributed by atoms with van der Waals surface area (Å²) in [6.07, 6.45) is 4.31. The zero-order valence-electron chi connectivity index (χ0n) is 13.5. The maximum Gasteiger partial charge on any atom is 0.275 e. The summed E-state index contributed by atoms with van der Waals surface area (Å²) in [5, 5.41) is 7.34. The summed E-state index contributed by atoms with van der Waals surface area (Å²) in [5.41, 5.74) is 2.82. The summed E-state index contributed by atoms with van der Waals surface area (Å²) in [6, 6.07) is 9.63. The minimum atomic E-state index is -0.403. The standard InChI is InChI=1S/C18H16N4O2S/c1-12-3-2-4-13(9-12)10-21-18(24)16-14(5-8-25-16)22-17(23)15-11-19-6-7-20-15/h2-9,11H,10H2,1H3,(H,21,24)(H,22,23). The van der Waals surface area contributed by atoms with Crippen LogP contribution in [0.4, 0.5) is 5.69 Å². The van der Waals surface area contributed by atoms with Gasteiger partial charge in [-0.3, -0.25) is 14.6 Å². The highest BCUT2D eigenvalue weighted by Crippen LogP contribution is 2.22. The Balaban J connectivity index is 1.66. The van der Waals surface area contributed by atoms with Crippen LogP contribution in [0, 0.1) is 6.92 Å². The molecule has 3 aromatic rings. The van der Waals surface area contributed by atoms with E-state index in [0.717, 1.165) is 11.1 Å². The number of carbonyl (C=O) groups is 2. The number of amides is 2. The van der Waals surface area contributed by atoms with Crippen LogP contribution in [0.5, 0.6) is 0 Å². The Labute approximate surface area is 149 Å². The molecule has 3 rings (SSSR count). The van der Waals surface area contributed by atoms with E-state index in [1.165, 1.54) is 29.9 Å². The molecule has 0 bridgehead atoms. The Kier molecular flexibility index (Phi) is 5.15. The van der Waals surface area contributed by atoms with Gasteiger partial charge >= 0.3 is 0 Å². The second-order valence-corrected chi connectivity index (χ2v) is 6.30. The minimum absolute atomic E-state index is 0.194. The lowest BCUT2D eigenvalue weighted by atomic mass is 10.1.